The van der Waals surface area contributed by atoms with E-state index in [0.717, 1.165) is 11.0 Å². The molecule has 0 aliphatic heterocycles. The van der Waals surface area contributed by atoms with Gasteiger partial charge in [-0.05, 0) is 42.9 Å². The number of rotatable bonds is 5. The summed E-state index contributed by atoms with van der Waals surface area (Å²) in [5, 5.41) is 11.1. The van der Waals surface area contributed by atoms with Gasteiger partial charge >= 0.3 is 5.97 Å². The van der Waals surface area contributed by atoms with E-state index in [1.54, 1.807) is 25.2 Å². The highest BCUT2D eigenvalue weighted by Gasteiger charge is 2.28. The molecule has 0 radical (unpaired) electrons. The Balaban J connectivity index is 2.54. The molecule has 5 heteroatoms. The topological polar surface area (TPSA) is 40.5 Å². The van der Waals surface area contributed by atoms with Crippen LogP contribution in [-0.2, 0) is 11.3 Å². The first-order valence-electron chi connectivity index (χ1n) is 4.96. The Morgan fingerprint density at radius 1 is 1.62 bits per heavy atom. The van der Waals surface area contributed by atoms with Crippen LogP contribution in [0.2, 0.25) is 0 Å². The lowest BCUT2D eigenvalue weighted by Crippen LogP contribution is -2.36. The summed E-state index contributed by atoms with van der Waals surface area (Å²) in [6.07, 6.45) is 0. The Kier molecular flexibility index (Phi) is 4.52. The fourth-order valence-corrected chi connectivity index (χ4v) is 3.03. The average Bonchev–Trinajstić information content (AvgIpc) is 2.49. The molecule has 1 N–H and O–H groups in total. The minimum absolute atomic E-state index is 0.540. The van der Waals surface area contributed by atoms with E-state index in [0.29, 0.717) is 6.54 Å². The molecular formula is C11H16BrNO2S. The minimum Gasteiger partial charge on any atom is -0.481 e. The summed E-state index contributed by atoms with van der Waals surface area (Å²) >= 11 is 5.08. The number of carbonyl (C=O) groups is 1. The van der Waals surface area contributed by atoms with Gasteiger partial charge in [-0.15, -0.1) is 11.3 Å². The van der Waals surface area contributed by atoms with Crippen LogP contribution in [0.3, 0.4) is 0 Å². The number of nitrogens with zero attached hydrogens (tertiary/aromatic N) is 1. The summed E-state index contributed by atoms with van der Waals surface area (Å²) in [5.41, 5.74) is -0.705. The lowest BCUT2D eigenvalue weighted by atomic mass is 9.93. The van der Waals surface area contributed by atoms with Crippen LogP contribution in [0, 0.1) is 5.41 Å². The normalized spacial score (nSPS) is 12.1. The molecule has 0 saturated carbocycles. The third kappa shape index (κ3) is 3.88. The van der Waals surface area contributed by atoms with Crippen molar-refractivity contribution in [3.8, 4) is 0 Å². The Labute approximate surface area is 108 Å². The zero-order valence-corrected chi connectivity index (χ0v) is 12.1. The third-order valence-electron chi connectivity index (χ3n) is 2.29. The molecule has 1 aromatic heterocycles. The highest BCUT2D eigenvalue weighted by atomic mass is 79.9. The van der Waals surface area contributed by atoms with Crippen LogP contribution >= 0.6 is 27.3 Å². The largest absolute Gasteiger partial charge is 0.481 e. The summed E-state index contributed by atoms with van der Waals surface area (Å²) in [4.78, 5) is 14.2. The van der Waals surface area contributed by atoms with Gasteiger partial charge in [0.05, 0.1) is 5.41 Å². The molecule has 1 heterocycles. The second-order valence-corrected chi connectivity index (χ2v) is 6.50. The maximum absolute atomic E-state index is 11.0. The molecule has 1 aromatic rings. The van der Waals surface area contributed by atoms with Gasteiger partial charge in [0, 0.05) is 27.8 Å². The van der Waals surface area contributed by atoms with E-state index in [1.807, 2.05) is 17.3 Å². The summed E-state index contributed by atoms with van der Waals surface area (Å²) in [7, 11) is 1.94. The Hall–Kier alpha value is -0.390. The predicted molar refractivity (Wildman–Crippen MR) is 69.8 cm³/mol. The summed E-state index contributed by atoms with van der Waals surface area (Å²) in [5.74, 6) is -0.758. The molecule has 0 aromatic carbocycles. The molecular weight excluding hydrogens is 290 g/mol. The van der Waals surface area contributed by atoms with Gasteiger partial charge in [-0.2, -0.15) is 0 Å². The predicted octanol–water partition coefficient (Wildman–Crippen LogP) is 3.05. The Bertz CT molecular complexity index is 376. The molecule has 3 nitrogen and oxygen atoms in total. The molecule has 0 unspecified atom stereocenters. The molecule has 0 aliphatic rings. The van der Waals surface area contributed by atoms with Gasteiger partial charge in [-0.3, -0.25) is 4.79 Å². The van der Waals surface area contributed by atoms with Crippen molar-refractivity contribution < 1.29 is 9.90 Å². The molecule has 0 aliphatic carbocycles. The monoisotopic (exact) mass is 305 g/mol. The van der Waals surface area contributed by atoms with E-state index in [4.69, 9.17) is 5.11 Å². The highest BCUT2D eigenvalue weighted by molar-refractivity contribution is 9.10. The first-order chi connectivity index (χ1) is 7.31. The van der Waals surface area contributed by atoms with Crippen molar-refractivity contribution in [1.82, 2.24) is 4.90 Å². The number of halogens is 1. The van der Waals surface area contributed by atoms with E-state index in [9.17, 15) is 4.79 Å². The maximum atomic E-state index is 11.0. The second kappa shape index (κ2) is 5.29. The molecule has 1 rings (SSSR count). The van der Waals surface area contributed by atoms with Crippen LogP contribution in [0.25, 0.3) is 0 Å². The van der Waals surface area contributed by atoms with Crippen molar-refractivity contribution in [2.45, 2.75) is 20.4 Å². The van der Waals surface area contributed by atoms with Gasteiger partial charge in [0.15, 0.2) is 0 Å². The lowest BCUT2D eigenvalue weighted by molar-refractivity contribution is -0.147. The lowest BCUT2D eigenvalue weighted by Gasteiger charge is -2.26. The molecule has 90 valence electrons. The Morgan fingerprint density at radius 2 is 2.25 bits per heavy atom. The number of carboxylic acids is 1. The summed E-state index contributed by atoms with van der Waals surface area (Å²) in [6.45, 7) is 4.82. The van der Waals surface area contributed by atoms with Gasteiger partial charge < -0.3 is 10.0 Å². The van der Waals surface area contributed by atoms with Gasteiger partial charge in [0.1, 0.15) is 0 Å². The fraction of sp³-hybridized carbons (Fsp3) is 0.545. The number of hydrogen-bond donors (Lipinski definition) is 1. The quantitative estimate of drug-likeness (QED) is 0.909. The smallest absolute Gasteiger partial charge is 0.310 e. The van der Waals surface area contributed by atoms with Crippen molar-refractivity contribution in [3.05, 3.63) is 20.8 Å². The van der Waals surface area contributed by atoms with E-state index in [-0.39, 0.29) is 0 Å². The number of carboxylic acid groups (broad SMARTS) is 1. The first-order valence-corrected chi connectivity index (χ1v) is 6.63. The van der Waals surface area contributed by atoms with Gasteiger partial charge in [-0.1, -0.05) is 0 Å². The Morgan fingerprint density at radius 3 is 2.69 bits per heavy atom. The van der Waals surface area contributed by atoms with Crippen LogP contribution in [0.4, 0.5) is 0 Å². The zero-order chi connectivity index (χ0) is 12.3. The van der Waals surface area contributed by atoms with Crippen molar-refractivity contribution in [1.29, 1.82) is 0 Å². The average molecular weight is 306 g/mol. The van der Waals surface area contributed by atoms with Crippen LogP contribution < -0.4 is 0 Å². The molecule has 0 atom stereocenters. The maximum Gasteiger partial charge on any atom is 0.310 e. The SMILES string of the molecule is CN(Cc1cc(Br)cs1)CC(C)(C)C(=O)O. The molecule has 16 heavy (non-hydrogen) atoms. The van der Waals surface area contributed by atoms with E-state index >= 15 is 0 Å². The van der Waals surface area contributed by atoms with E-state index in [2.05, 4.69) is 22.0 Å². The van der Waals surface area contributed by atoms with Crippen molar-refractivity contribution in [3.63, 3.8) is 0 Å². The fourth-order valence-electron chi connectivity index (χ4n) is 1.50. The summed E-state index contributed by atoms with van der Waals surface area (Å²) in [6, 6.07) is 2.06. The summed E-state index contributed by atoms with van der Waals surface area (Å²) < 4.78 is 1.08. The standard InChI is InChI=1S/C11H16BrNO2S/c1-11(2,10(14)15)7-13(3)5-9-4-8(12)6-16-9/h4,6H,5,7H2,1-3H3,(H,14,15). The van der Waals surface area contributed by atoms with Gasteiger partial charge in [-0.25, -0.2) is 0 Å². The highest BCUT2D eigenvalue weighted by Crippen LogP contribution is 2.23. The van der Waals surface area contributed by atoms with Crippen molar-refractivity contribution in [2.75, 3.05) is 13.6 Å². The zero-order valence-electron chi connectivity index (χ0n) is 9.66. The van der Waals surface area contributed by atoms with Crippen molar-refractivity contribution in [2.24, 2.45) is 5.41 Å². The second-order valence-electron chi connectivity index (χ2n) is 4.59. The molecule has 0 bridgehead atoms. The molecule has 0 saturated heterocycles. The first kappa shape index (κ1) is 13.7. The van der Waals surface area contributed by atoms with E-state index in [1.165, 1.54) is 4.88 Å². The van der Waals surface area contributed by atoms with Crippen LogP contribution in [0.15, 0.2) is 15.9 Å². The minimum atomic E-state index is -0.758. The van der Waals surface area contributed by atoms with Crippen molar-refractivity contribution >= 4 is 33.2 Å². The molecule has 0 fully saturated rings. The van der Waals surface area contributed by atoms with Gasteiger partial charge in [0.25, 0.3) is 0 Å². The van der Waals surface area contributed by atoms with E-state index < -0.39 is 11.4 Å². The van der Waals surface area contributed by atoms with Crippen LogP contribution in [0.1, 0.15) is 18.7 Å². The number of thiophene rings is 1. The third-order valence-corrected chi connectivity index (χ3v) is 3.97. The number of hydrogen-bond acceptors (Lipinski definition) is 3. The molecule has 0 amide bonds. The number of aliphatic carboxylic acids is 1. The molecule has 0 spiro atoms. The van der Waals surface area contributed by atoms with Crippen LogP contribution in [0.5, 0.6) is 0 Å². The van der Waals surface area contributed by atoms with Gasteiger partial charge in [0.2, 0.25) is 0 Å². The van der Waals surface area contributed by atoms with Crippen LogP contribution in [-0.4, -0.2) is 29.6 Å².